The van der Waals surface area contributed by atoms with Gasteiger partial charge >= 0.3 is 11.8 Å². The van der Waals surface area contributed by atoms with E-state index in [0.717, 1.165) is 31.6 Å². The molecule has 0 radical (unpaired) electrons. The fourth-order valence-corrected chi connectivity index (χ4v) is 3.33. The topological polar surface area (TPSA) is 103 Å². The number of hydrogen-bond donors (Lipinski definition) is 3. The minimum Gasteiger partial charge on any atom is -0.371 e. The highest BCUT2D eigenvalue weighted by Gasteiger charge is 2.21. The number of aromatic nitrogens is 1. The molecule has 0 saturated carbocycles. The molecule has 1 saturated heterocycles. The van der Waals surface area contributed by atoms with Crippen LogP contribution in [0.4, 0.5) is 17.1 Å². The van der Waals surface area contributed by atoms with Gasteiger partial charge in [-0.3, -0.25) is 19.4 Å². The molecule has 1 fully saturated rings. The third kappa shape index (κ3) is 6.03. The zero-order valence-electron chi connectivity index (χ0n) is 16.4. The second kappa shape index (κ2) is 9.68. The van der Waals surface area contributed by atoms with Gasteiger partial charge in [0.25, 0.3) is 0 Å². The lowest BCUT2D eigenvalue weighted by Gasteiger charge is -2.33. The summed E-state index contributed by atoms with van der Waals surface area (Å²) in [4.78, 5) is 41.7. The number of nitrogens with zero attached hydrogens (tertiary/aromatic N) is 2. The van der Waals surface area contributed by atoms with Gasteiger partial charge in [-0.2, -0.15) is 0 Å². The van der Waals surface area contributed by atoms with Crippen LogP contribution >= 0.6 is 0 Å². The molecule has 152 valence electrons. The number of anilines is 3. The Bertz CT molecular complexity index is 864. The molecule has 3 amide bonds. The number of carbonyl (C=O) groups excluding carboxylic acids is 3. The van der Waals surface area contributed by atoms with Gasteiger partial charge in [-0.15, -0.1) is 0 Å². The molecule has 29 heavy (non-hydrogen) atoms. The maximum atomic E-state index is 12.1. The van der Waals surface area contributed by atoms with Gasteiger partial charge in [-0.1, -0.05) is 6.07 Å². The molecule has 1 aromatic carbocycles. The Labute approximate surface area is 169 Å². The van der Waals surface area contributed by atoms with E-state index in [9.17, 15) is 14.4 Å². The van der Waals surface area contributed by atoms with Crippen LogP contribution < -0.4 is 20.9 Å². The highest BCUT2D eigenvalue weighted by molar-refractivity contribution is 6.39. The number of amides is 3. The molecule has 2 aromatic rings. The highest BCUT2D eigenvalue weighted by atomic mass is 16.2. The summed E-state index contributed by atoms with van der Waals surface area (Å²) in [5.74, 6) is -1.25. The molecule has 0 bridgehead atoms. The van der Waals surface area contributed by atoms with Crippen molar-refractivity contribution < 1.29 is 14.4 Å². The van der Waals surface area contributed by atoms with Crippen molar-refractivity contribution >= 4 is 34.8 Å². The Morgan fingerprint density at radius 1 is 1.00 bits per heavy atom. The molecule has 3 rings (SSSR count). The molecule has 0 aliphatic carbocycles. The van der Waals surface area contributed by atoms with E-state index in [1.54, 1.807) is 36.7 Å². The second-order valence-electron chi connectivity index (χ2n) is 7.06. The van der Waals surface area contributed by atoms with Gasteiger partial charge in [0.05, 0.1) is 0 Å². The molecule has 1 aliphatic rings. The SMILES string of the molecule is CC(=O)Nc1cccc(NC(=O)C(=O)NCC2CCN(c3ccncc3)CC2)c1. The summed E-state index contributed by atoms with van der Waals surface area (Å²) >= 11 is 0. The minimum absolute atomic E-state index is 0.207. The summed E-state index contributed by atoms with van der Waals surface area (Å²) in [6, 6.07) is 10.6. The Hall–Kier alpha value is -3.42. The summed E-state index contributed by atoms with van der Waals surface area (Å²) < 4.78 is 0. The standard InChI is InChI=1S/C21H25N5O3/c1-15(27)24-17-3-2-4-18(13-17)25-21(29)20(28)23-14-16-7-11-26(12-8-16)19-5-9-22-10-6-19/h2-6,9-10,13,16H,7-8,11-12,14H2,1H3,(H,23,28)(H,24,27)(H,25,29). The van der Waals surface area contributed by atoms with Crippen LogP contribution in [-0.4, -0.2) is 42.3 Å². The number of pyridine rings is 1. The summed E-state index contributed by atoms with van der Waals surface area (Å²) in [5, 5.41) is 7.91. The Kier molecular flexibility index (Phi) is 6.78. The van der Waals surface area contributed by atoms with Gasteiger partial charge in [-0.25, -0.2) is 0 Å². The average molecular weight is 395 g/mol. The van der Waals surface area contributed by atoms with Crippen molar-refractivity contribution in [2.45, 2.75) is 19.8 Å². The first-order valence-corrected chi connectivity index (χ1v) is 9.63. The van der Waals surface area contributed by atoms with Gasteiger partial charge in [0, 0.05) is 56.0 Å². The van der Waals surface area contributed by atoms with E-state index < -0.39 is 11.8 Å². The lowest BCUT2D eigenvalue weighted by atomic mass is 9.96. The van der Waals surface area contributed by atoms with Crippen molar-refractivity contribution in [2.24, 2.45) is 5.92 Å². The lowest BCUT2D eigenvalue weighted by molar-refractivity contribution is -0.136. The van der Waals surface area contributed by atoms with Crippen LogP contribution in [0.5, 0.6) is 0 Å². The lowest BCUT2D eigenvalue weighted by Crippen LogP contribution is -2.41. The van der Waals surface area contributed by atoms with Crippen molar-refractivity contribution in [1.29, 1.82) is 0 Å². The summed E-state index contributed by atoms with van der Waals surface area (Å²) in [6.45, 7) is 3.70. The quantitative estimate of drug-likeness (QED) is 0.672. The number of benzene rings is 1. The van der Waals surface area contributed by atoms with E-state index in [1.165, 1.54) is 6.92 Å². The normalized spacial score (nSPS) is 14.2. The second-order valence-corrected chi connectivity index (χ2v) is 7.06. The molecule has 1 aromatic heterocycles. The van der Waals surface area contributed by atoms with E-state index in [-0.39, 0.29) is 5.91 Å². The third-order valence-electron chi connectivity index (χ3n) is 4.84. The third-order valence-corrected chi connectivity index (χ3v) is 4.84. The zero-order chi connectivity index (χ0) is 20.6. The van der Waals surface area contributed by atoms with E-state index in [1.807, 2.05) is 12.1 Å². The number of nitrogens with one attached hydrogen (secondary N) is 3. The number of piperidine rings is 1. The molecule has 1 aliphatic heterocycles. The van der Waals surface area contributed by atoms with Crippen molar-refractivity contribution in [3.63, 3.8) is 0 Å². The van der Waals surface area contributed by atoms with Crippen molar-refractivity contribution in [2.75, 3.05) is 35.2 Å². The fourth-order valence-electron chi connectivity index (χ4n) is 3.33. The van der Waals surface area contributed by atoms with E-state index in [4.69, 9.17) is 0 Å². The number of hydrogen-bond acceptors (Lipinski definition) is 5. The molecular weight excluding hydrogens is 370 g/mol. The van der Waals surface area contributed by atoms with Crippen LogP contribution in [-0.2, 0) is 14.4 Å². The first-order chi connectivity index (χ1) is 14.0. The highest BCUT2D eigenvalue weighted by Crippen LogP contribution is 2.22. The predicted octanol–water partition coefficient (Wildman–Crippen LogP) is 2.01. The minimum atomic E-state index is -0.723. The van der Waals surface area contributed by atoms with Gasteiger partial charge in [0.2, 0.25) is 5.91 Å². The average Bonchev–Trinajstić information content (AvgIpc) is 2.73. The van der Waals surface area contributed by atoms with E-state index in [0.29, 0.717) is 23.8 Å². The molecule has 8 nitrogen and oxygen atoms in total. The van der Waals surface area contributed by atoms with Crippen molar-refractivity contribution in [1.82, 2.24) is 10.3 Å². The Balaban J connectivity index is 1.43. The van der Waals surface area contributed by atoms with Crippen LogP contribution in [0.25, 0.3) is 0 Å². The summed E-state index contributed by atoms with van der Waals surface area (Å²) in [5.41, 5.74) is 2.15. The monoisotopic (exact) mass is 395 g/mol. The molecular formula is C21H25N5O3. The van der Waals surface area contributed by atoms with Crippen molar-refractivity contribution in [3.8, 4) is 0 Å². The van der Waals surface area contributed by atoms with Crippen LogP contribution in [0.3, 0.4) is 0 Å². The van der Waals surface area contributed by atoms with Gasteiger partial charge < -0.3 is 20.9 Å². The zero-order valence-corrected chi connectivity index (χ0v) is 16.4. The number of carbonyl (C=O) groups is 3. The predicted molar refractivity (Wildman–Crippen MR) is 112 cm³/mol. The van der Waals surface area contributed by atoms with Gasteiger partial charge in [0.1, 0.15) is 0 Å². The van der Waals surface area contributed by atoms with E-state index >= 15 is 0 Å². The van der Waals surface area contributed by atoms with E-state index in [2.05, 4.69) is 25.8 Å². The molecule has 0 spiro atoms. The number of rotatable bonds is 5. The summed E-state index contributed by atoms with van der Waals surface area (Å²) in [6.07, 6.45) is 5.46. The van der Waals surface area contributed by atoms with Crippen LogP contribution in [0.1, 0.15) is 19.8 Å². The Morgan fingerprint density at radius 2 is 1.66 bits per heavy atom. The summed E-state index contributed by atoms with van der Waals surface area (Å²) in [7, 11) is 0. The van der Waals surface area contributed by atoms with Crippen LogP contribution in [0.15, 0.2) is 48.8 Å². The van der Waals surface area contributed by atoms with Gasteiger partial charge in [-0.05, 0) is 49.1 Å². The van der Waals surface area contributed by atoms with Gasteiger partial charge in [0.15, 0.2) is 0 Å². The largest absolute Gasteiger partial charge is 0.371 e. The molecule has 0 unspecified atom stereocenters. The maximum Gasteiger partial charge on any atom is 0.313 e. The maximum absolute atomic E-state index is 12.1. The van der Waals surface area contributed by atoms with Crippen LogP contribution in [0.2, 0.25) is 0 Å². The van der Waals surface area contributed by atoms with Crippen molar-refractivity contribution in [3.05, 3.63) is 48.8 Å². The Morgan fingerprint density at radius 3 is 2.31 bits per heavy atom. The smallest absolute Gasteiger partial charge is 0.313 e. The molecule has 0 atom stereocenters. The molecule has 3 N–H and O–H groups in total. The molecule has 8 heteroatoms. The first kappa shape index (κ1) is 20.3. The van der Waals surface area contributed by atoms with Crippen LogP contribution in [0, 0.1) is 5.92 Å². The first-order valence-electron chi connectivity index (χ1n) is 9.63. The molecule has 2 heterocycles. The fraction of sp³-hybridized carbons (Fsp3) is 0.333.